The summed E-state index contributed by atoms with van der Waals surface area (Å²) in [6.45, 7) is 2.01. The molecule has 5 heteroatoms. The fourth-order valence-corrected chi connectivity index (χ4v) is 2.77. The van der Waals surface area contributed by atoms with Gasteiger partial charge in [0.05, 0.1) is 11.8 Å². The number of rotatable bonds is 3. The van der Waals surface area contributed by atoms with Gasteiger partial charge >= 0.3 is 0 Å². The Labute approximate surface area is 120 Å². The Morgan fingerprint density at radius 1 is 1.35 bits per heavy atom. The van der Waals surface area contributed by atoms with Crippen LogP contribution in [0.15, 0.2) is 47.0 Å². The van der Waals surface area contributed by atoms with Crippen LogP contribution in [0.5, 0.6) is 0 Å². The van der Waals surface area contributed by atoms with Gasteiger partial charge in [0, 0.05) is 22.0 Å². The van der Waals surface area contributed by atoms with Crippen molar-refractivity contribution in [3.8, 4) is 0 Å². The van der Waals surface area contributed by atoms with Crippen molar-refractivity contribution in [3.63, 3.8) is 0 Å². The van der Waals surface area contributed by atoms with Crippen LogP contribution in [0.4, 0.5) is 0 Å². The van der Waals surface area contributed by atoms with E-state index < -0.39 is 0 Å². The molecule has 2 heterocycles. The van der Waals surface area contributed by atoms with E-state index in [9.17, 15) is 4.79 Å². The predicted molar refractivity (Wildman–Crippen MR) is 82.4 cm³/mol. The van der Waals surface area contributed by atoms with Gasteiger partial charge in [0.1, 0.15) is 0 Å². The highest BCUT2D eigenvalue weighted by Crippen LogP contribution is 2.17. The van der Waals surface area contributed by atoms with Gasteiger partial charge in [-0.1, -0.05) is 18.2 Å². The van der Waals surface area contributed by atoms with E-state index in [1.54, 1.807) is 23.7 Å². The predicted octanol–water partition coefficient (Wildman–Crippen LogP) is 3.30. The fourth-order valence-electron chi connectivity index (χ4n) is 1.99. The number of nitrogens with one attached hydrogen (secondary N) is 2. The molecule has 0 aliphatic rings. The average molecular weight is 283 g/mol. The van der Waals surface area contributed by atoms with E-state index in [2.05, 4.69) is 15.5 Å². The summed E-state index contributed by atoms with van der Waals surface area (Å²) in [6.07, 6.45) is 3.37. The number of H-pyrrole nitrogens is 1. The fraction of sp³-hybridized carbons (Fsp3) is 0.0667. The first kappa shape index (κ1) is 12.6. The summed E-state index contributed by atoms with van der Waals surface area (Å²) in [5.74, 6) is -0.215. The lowest BCUT2D eigenvalue weighted by molar-refractivity contribution is 0.0957. The number of hydrogen-bond acceptors (Lipinski definition) is 3. The van der Waals surface area contributed by atoms with Crippen molar-refractivity contribution >= 4 is 34.4 Å². The summed E-state index contributed by atoms with van der Waals surface area (Å²) < 4.78 is 0. The maximum Gasteiger partial charge on any atom is 0.273 e. The van der Waals surface area contributed by atoms with E-state index in [4.69, 9.17) is 0 Å². The molecule has 0 aliphatic carbocycles. The van der Waals surface area contributed by atoms with Gasteiger partial charge in [-0.25, -0.2) is 5.43 Å². The Morgan fingerprint density at radius 2 is 2.20 bits per heavy atom. The molecule has 3 aromatic rings. The topological polar surface area (TPSA) is 57.2 Å². The SMILES string of the molecule is Cc1ccsc1/C=N/NC(=O)c1c[nH]c2ccccc12. The first-order chi connectivity index (χ1) is 9.75. The molecule has 0 saturated carbocycles. The molecular formula is C15H13N3OS. The molecule has 2 aromatic heterocycles. The van der Waals surface area contributed by atoms with Crippen LogP contribution >= 0.6 is 11.3 Å². The lowest BCUT2D eigenvalue weighted by Gasteiger charge is -1.97. The van der Waals surface area contributed by atoms with Crippen molar-refractivity contribution < 1.29 is 4.79 Å². The number of aromatic nitrogens is 1. The minimum absolute atomic E-state index is 0.215. The lowest BCUT2D eigenvalue weighted by atomic mass is 10.2. The Bertz CT molecular complexity index is 785. The van der Waals surface area contributed by atoms with Crippen molar-refractivity contribution in [2.75, 3.05) is 0 Å². The molecule has 0 atom stereocenters. The zero-order valence-electron chi connectivity index (χ0n) is 10.9. The number of fused-ring (bicyclic) bond motifs is 1. The van der Waals surface area contributed by atoms with Gasteiger partial charge in [-0.15, -0.1) is 11.3 Å². The number of carbonyl (C=O) groups excluding carboxylic acids is 1. The van der Waals surface area contributed by atoms with Crippen molar-refractivity contribution in [1.82, 2.24) is 10.4 Å². The van der Waals surface area contributed by atoms with Crippen molar-refractivity contribution in [2.24, 2.45) is 5.10 Å². The minimum Gasteiger partial charge on any atom is -0.360 e. The molecule has 0 spiro atoms. The molecule has 0 fully saturated rings. The van der Waals surface area contributed by atoms with Gasteiger partial charge in [-0.3, -0.25) is 4.79 Å². The zero-order chi connectivity index (χ0) is 13.9. The molecule has 0 unspecified atom stereocenters. The summed E-state index contributed by atoms with van der Waals surface area (Å²) in [5.41, 5.74) is 5.25. The number of hydrazone groups is 1. The molecule has 0 aliphatic heterocycles. The van der Waals surface area contributed by atoms with Gasteiger partial charge in [-0.2, -0.15) is 5.10 Å². The molecule has 0 bridgehead atoms. The summed E-state index contributed by atoms with van der Waals surface area (Å²) in [6, 6.07) is 9.70. The molecule has 100 valence electrons. The summed E-state index contributed by atoms with van der Waals surface area (Å²) in [4.78, 5) is 16.2. The Morgan fingerprint density at radius 3 is 3.00 bits per heavy atom. The standard InChI is InChI=1S/C15H13N3OS/c1-10-6-7-20-14(10)9-17-18-15(19)12-8-16-13-5-3-2-4-11(12)13/h2-9,16H,1H3,(H,18,19)/b17-9+. The van der Waals surface area contributed by atoms with Crippen LogP contribution in [0.2, 0.25) is 0 Å². The van der Waals surface area contributed by atoms with Crippen LogP contribution < -0.4 is 5.43 Å². The number of aryl methyl sites for hydroxylation is 1. The maximum absolute atomic E-state index is 12.1. The second-order valence-corrected chi connectivity index (χ2v) is 5.36. The number of thiophene rings is 1. The highest BCUT2D eigenvalue weighted by atomic mass is 32.1. The molecule has 0 saturated heterocycles. The number of para-hydroxylation sites is 1. The zero-order valence-corrected chi connectivity index (χ0v) is 11.7. The van der Waals surface area contributed by atoms with Crippen molar-refractivity contribution in [1.29, 1.82) is 0 Å². The highest BCUT2D eigenvalue weighted by molar-refractivity contribution is 7.11. The van der Waals surface area contributed by atoms with Crippen LogP contribution in [0.3, 0.4) is 0 Å². The van der Waals surface area contributed by atoms with Crippen molar-refractivity contribution in [2.45, 2.75) is 6.92 Å². The van der Waals surface area contributed by atoms with E-state index in [1.165, 1.54) is 0 Å². The largest absolute Gasteiger partial charge is 0.360 e. The van der Waals surface area contributed by atoms with E-state index in [0.717, 1.165) is 21.3 Å². The first-order valence-electron chi connectivity index (χ1n) is 6.19. The third kappa shape index (κ3) is 2.35. The number of hydrogen-bond donors (Lipinski definition) is 2. The third-order valence-corrected chi connectivity index (χ3v) is 4.04. The average Bonchev–Trinajstić information content (AvgIpc) is 3.05. The van der Waals surface area contributed by atoms with Gasteiger partial charge < -0.3 is 4.98 Å². The second kappa shape index (κ2) is 5.30. The molecule has 3 rings (SSSR count). The van der Waals surface area contributed by atoms with Crippen LogP contribution in [-0.4, -0.2) is 17.1 Å². The quantitative estimate of drug-likeness (QED) is 0.562. The number of carbonyl (C=O) groups is 1. The first-order valence-corrected chi connectivity index (χ1v) is 7.07. The molecule has 0 radical (unpaired) electrons. The number of aromatic amines is 1. The van der Waals surface area contributed by atoms with E-state index >= 15 is 0 Å². The molecule has 1 amide bonds. The van der Waals surface area contributed by atoms with Crippen LogP contribution in [-0.2, 0) is 0 Å². The molecule has 4 nitrogen and oxygen atoms in total. The summed E-state index contributed by atoms with van der Waals surface area (Å²) >= 11 is 1.59. The Balaban J connectivity index is 1.77. The smallest absolute Gasteiger partial charge is 0.273 e. The van der Waals surface area contributed by atoms with Gasteiger partial charge in [0.15, 0.2) is 0 Å². The highest BCUT2D eigenvalue weighted by Gasteiger charge is 2.10. The summed E-state index contributed by atoms with van der Waals surface area (Å²) in [5, 5.41) is 6.90. The van der Waals surface area contributed by atoms with Gasteiger partial charge in [0.2, 0.25) is 0 Å². The van der Waals surface area contributed by atoms with E-state index in [0.29, 0.717) is 5.56 Å². The van der Waals surface area contributed by atoms with Crippen LogP contribution in [0.25, 0.3) is 10.9 Å². The summed E-state index contributed by atoms with van der Waals surface area (Å²) in [7, 11) is 0. The normalized spacial score (nSPS) is 11.2. The lowest BCUT2D eigenvalue weighted by Crippen LogP contribution is -2.17. The minimum atomic E-state index is -0.215. The van der Waals surface area contributed by atoms with E-state index in [1.807, 2.05) is 42.6 Å². The second-order valence-electron chi connectivity index (χ2n) is 4.41. The molecular weight excluding hydrogens is 270 g/mol. The molecule has 2 N–H and O–H groups in total. The van der Waals surface area contributed by atoms with Crippen LogP contribution in [0, 0.1) is 6.92 Å². The number of amides is 1. The third-order valence-electron chi connectivity index (χ3n) is 3.08. The monoisotopic (exact) mass is 283 g/mol. The van der Waals surface area contributed by atoms with E-state index in [-0.39, 0.29) is 5.91 Å². The molecule has 1 aromatic carbocycles. The number of nitrogens with zero attached hydrogens (tertiary/aromatic N) is 1. The number of benzene rings is 1. The van der Waals surface area contributed by atoms with Gasteiger partial charge in [0.25, 0.3) is 5.91 Å². The van der Waals surface area contributed by atoms with Crippen LogP contribution in [0.1, 0.15) is 20.8 Å². The van der Waals surface area contributed by atoms with Gasteiger partial charge in [-0.05, 0) is 30.0 Å². The Kier molecular flexibility index (Phi) is 3.35. The molecule has 20 heavy (non-hydrogen) atoms. The van der Waals surface area contributed by atoms with Crippen molar-refractivity contribution in [3.05, 3.63) is 57.9 Å². The Hall–Kier alpha value is -2.40. The maximum atomic E-state index is 12.1.